The van der Waals surface area contributed by atoms with Crippen molar-refractivity contribution >= 4 is 0 Å². The first-order chi connectivity index (χ1) is 9.83. The van der Waals surface area contributed by atoms with Crippen molar-refractivity contribution in [2.75, 3.05) is 6.61 Å². The molecule has 2 rings (SSSR count). The van der Waals surface area contributed by atoms with Crippen molar-refractivity contribution in [3.63, 3.8) is 0 Å². The maximum absolute atomic E-state index is 8.95. The van der Waals surface area contributed by atoms with Gasteiger partial charge in [-0.2, -0.15) is 0 Å². The first-order valence-corrected chi connectivity index (χ1v) is 6.87. The fourth-order valence-corrected chi connectivity index (χ4v) is 2.01. The molecule has 0 bridgehead atoms. The van der Waals surface area contributed by atoms with Gasteiger partial charge in [0.05, 0.1) is 13.2 Å². The molecule has 20 heavy (non-hydrogen) atoms. The standard InChI is InChI=1S/C16H21NO3/c1-2-19-12-14-6-4-3-5-13(14)9-17-10-15-7-8-16(11-18)20-15/h3-8,17-18H,2,9-12H2,1H3. The molecular weight excluding hydrogens is 254 g/mol. The van der Waals surface area contributed by atoms with Crippen LogP contribution in [-0.4, -0.2) is 11.7 Å². The Bertz CT molecular complexity index is 522. The predicted molar refractivity (Wildman–Crippen MR) is 76.9 cm³/mol. The first kappa shape index (κ1) is 14.8. The van der Waals surface area contributed by atoms with Gasteiger partial charge in [0.1, 0.15) is 18.1 Å². The van der Waals surface area contributed by atoms with E-state index in [0.29, 0.717) is 18.9 Å². The lowest BCUT2D eigenvalue weighted by Gasteiger charge is -2.10. The fourth-order valence-electron chi connectivity index (χ4n) is 2.01. The van der Waals surface area contributed by atoms with Gasteiger partial charge < -0.3 is 19.6 Å². The molecule has 0 aliphatic heterocycles. The van der Waals surface area contributed by atoms with E-state index in [9.17, 15) is 0 Å². The molecular formula is C16H21NO3. The molecule has 1 heterocycles. The van der Waals surface area contributed by atoms with Gasteiger partial charge in [0.25, 0.3) is 0 Å². The monoisotopic (exact) mass is 275 g/mol. The van der Waals surface area contributed by atoms with E-state index in [4.69, 9.17) is 14.3 Å². The summed E-state index contributed by atoms with van der Waals surface area (Å²) in [6, 6.07) is 11.9. The summed E-state index contributed by atoms with van der Waals surface area (Å²) in [5.74, 6) is 1.43. The van der Waals surface area contributed by atoms with Crippen LogP contribution in [0.5, 0.6) is 0 Å². The number of hydrogen-bond donors (Lipinski definition) is 2. The second-order valence-corrected chi connectivity index (χ2v) is 4.54. The van der Waals surface area contributed by atoms with Gasteiger partial charge in [0, 0.05) is 13.2 Å². The zero-order valence-electron chi connectivity index (χ0n) is 11.8. The first-order valence-electron chi connectivity index (χ1n) is 6.87. The maximum atomic E-state index is 8.95. The lowest BCUT2D eigenvalue weighted by Crippen LogP contribution is -2.14. The van der Waals surface area contributed by atoms with E-state index in [-0.39, 0.29) is 6.61 Å². The van der Waals surface area contributed by atoms with Crippen LogP contribution in [0.15, 0.2) is 40.8 Å². The van der Waals surface area contributed by atoms with Gasteiger partial charge in [-0.15, -0.1) is 0 Å². The van der Waals surface area contributed by atoms with E-state index in [1.54, 1.807) is 6.07 Å². The third-order valence-electron chi connectivity index (χ3n) is 3.07. The Hall–Kier alpha value is -1.62. The number of aliphatic hydroxyl groups is 1. The summed E-state index contributed by atoms with van der Waals surface area (Å²) in [6.07, 6.45) is 0. The molecule has 2 aromatic rings. The van der Waals surface area contributed by atoms with E-state index in [0.717, 1.165) is 18.9 Å². The molecule has 1 aromatic carbocycles. The second kappa shape index (κ2) is 7.85. The number of rotatable bonds is 8. The highest BCUT2D eigenvalue weighted by Gasteiger charge is 2.03. The van der Waals surface area contributed by atoms with Gasteiger partial charge in [0.2, 0.25) is 0 Å². The Kier molecular flexibility index (Phi) is 5.80. The van der Waals surface area contributed by atoms with Gasteiger partial charge in [0.15, 0.2) is 0 Å². The smallest absolute Gasteiger partial charge is 0.129 e. The topological polar surface area (TPSA) is 54.6 Å². The number of benzene rings is 1. The van der Waals surface area contributed by atoms with Crippen LogP contribution in [0.25, 0.3) is 0 Å². The molecule has 108 valence electrons. The van der Waals surface area contributed by atoms with Gasteiger partial charge in [-0.25, -0.2) is 0 Å². The van der Waals surface area contributed by atoms with Crippen molar-refractivity contribution < 1.29 is 14.3 Å². The zero-order valence-corrected chi connectivity index (χ0v) is 11.8. The summed E-state index contributed by atoms with van der Waals surface area (Å²) in [5, 5.41) is 12.3. The molecule has 0 saturated carbocycles. The fraction of sp³-hybridized carbons (Fsp3) is 0.375. The molecule has 2 N–H and O–H groups in total. The molecule has 0 aliphatic rings. The van der Waals surface area contributed by atoms with Crippen molar-refractivity contribution in [3.8, 4) is 0 Å². The Morgan fingerprint density at radius 2 is 1.80 bits per heavy atom. The normalized spacial score (nSPS) is 10.9. The number of aliphatic hydroxyl groups excluding tert-OH is 1. The van der Waals surface area contributed by atoms with Crippen LogP contribution in [0.2, 0.25) is 0 Å². The SMILES string of the molecule is CCOCc1ccccc1CNCc1ccc(CO)o1. The Balaban J connectivity index is 1.87. The van der Waals surface area contributed by atoms with Crippen molar-refractivity contribution in [3.05, 3.63) is 59.0 Å². The molecule has 0 amide bonds. The lowest BCUT2D eigenvalue weighted by atomic mass is 10.1. The summed E-state index contributed by atoms with van der Waals surface area (Å²) in [4.78, 5) is 0. The maximum Gasteiger partial charge on any atom is 0.129 e. The Morgan fingerprint density at radius 3 is 2.50 bits per heavy atom. The third-order valence-corrected chi connectivity index (χ3v) is 3.07. The van der Waals surface area contributed by atoms with E-state index >= 15 is 0 Å². The van der Waals surface area contributed by atoms with E-state index < -0.39 is 0 Å². The Labute approximate surface area is 119 Å². The lowest BCUT2D eigenvalue weighted by molar-refractivity contribution is 0.133. The summed E-state index contributed by atoms with van der Waals surface area (Å²) in [5.41, 5.74) is 2.44. The van der Waals surface area contributed by atoms with Crippen molar-refractivity contribution in [1.29, 1.82) is 0 Å². The van der Waals surface area contributed by atoms with Crippen LogP contribution in [0.3, 0.4) is 0 Å². The minimum absolute atomic E-state index is 0.0583. The number of furan rings is 1. The minimum Gasteiger partial charge on any atom is -0.462 e. The van der Waals surface area contributed by atoms with E-state index in [1.807, 2.05) is 25.1 Å². The Morgan fingerprint density at radius 1 is 1.05 bits per heavy atom. The molecule has 0 radical (unpaired) electrons. The number of ether oxygens (including phenoxy) is 1. The van der Waals surface area contributed by atoms with Crippen LogP contribution < -0.4 is 5.32 Å². The summed E-state index contributed by atoms with van der Waals surface area (Å²) in [7, 11) is 0. The van der Waals surface area contributed by atoms with E-state index in [2.05, 4.69) is 17.4 Å². The van der Waals surface area contributed by atoms with Crippen LogP contribution in [0.1, 0.15) is 29.6 Å². The molecule has 0 saturated heterocycles. The molecule has 0 aliphatic carbocycles. The van der Waals surface area contributed by atoms with Crippen LogP contribution in [0, 0.1) is 0 Å². The van der Waals surface area contributed by atoms with Crippen molar-refractivity contribution in [2.45, 2.75) is 33.2 Å². The quantitative estimate of drug-likeness (QED) is 0.777. The third kappa shape index (κ3) is 4.20. The van der Waals surface area contributed by atoms with Gasteiger partial charge >= 0.3 is 0 Å². The highest BCUT2D eigenvalue weighted by atomic mass is 16.5. The summed E-state index contributed by atoms with van der Waals surface area (Å²) >= 11 is 0. The van der Waals surface area contributed by atoms with Gasteiger partial charge in [-0.1, -0.05) is 24.3 Å². The summed E-state index contributed by atoms with van der Waals surface area (Å²) in [6.45, 7) is 4.71. The predicted octanol–water partition coefficient (Wildman–Crippen LogP) is 2.60. The molecule has 1 aromatic heterocycles. The van der Waals surface area contributed by atoms with Crippen LogP contribution in [-0.2, 0) is 31.0 Å². The average Bonchev–Trinajstić information content (AvgIpc) is 2.94. The average molecular weight is 275 g/mol. The second-order valence-electron chi connectivity index (χ2n) is 4.54. The number of hydrogen-bond acceptors (Lipinski definition) is 4. The molecule has 0 fully saturated rings. The van der Waals surface area contributed by atoms with Crippen LogP contribution in [0.4, 0.5) is 0 Å². The molecule has 0 unspecified atom stereocenters. The largest absolute Gasteiger partial charge is 0.462 e. The van der Waals surface area contributed by atoms with Crippen molar-refractivity contribution in [1.82, 2.24) is 5.32 Å². The highest BCUT2D eigenvalue weighted by Crippen LogP contribution is 2.11. The minimum atomic E-state index is -0.0583. The van der Waals surface area contributed by atoms with Gasteiger partial charge in [-0.3, -0.25) is 0 Å². The molecule has 4 heteroatoms. The van der Waals surface area contributed by atoms with Gasteiger partial charge in [-0.05, 0) is 30.2 Å². The highest BCUT2D eigenvalue weighted by molar-refractivity contribution is 5.26. The number of nitrogens with one attached hydrogen (secondary N) is 1. The van der Waals surface area contributed by atoms with E-state index in [1.165, 1.54) is 11.1 Å². The zero-order chi connectivity index (χ0) is 14.2. The molecule has 0 atom stereocenters. The molecule has 4 nitrogen and oxygen atoms in total. The van der Waals surface area contributed by atoms with Crippen LogP contribution >= 0.6 is 0 Å². The summed E-state index contributed by atoms with van der Waals surface area (Å²) < 4.78 is 10.9. The van der Waals surface area contributed by atoms with Crippen molar-refractivity contribution in [2.24, 2.45) is 0 Å². The molecule has 0 spiro atoms.